The first-order chi connectivity index (χ1) is 10.3. The summed E-state index contributed by atoms with van der Waals surface area (Å²) in [6.07, 6.45) is 4.39. The Labute approximate surface area is 120 Å². The molecule has 5 nitrogen and oxygen atoms in total. The number of imidazole rings is 1. The smallest absolute Gasteiger partial charge is 0.211 e. The molecule has 21 heavy (non-hydrogen) atoms. The Morgan fingerprint density at radius 1 is 1.14 bits per heavy atom. The highest BCUT2D eigenvalue weighted by Gasteiger charge is 2.06. The van der Waals surface area contributed by atoms with Crippen LogP contribution in [0, 0.1) is 0 Å². The first-order valence-electron chi connectivity index (χ1n) is 6.60. The lowest BCUT2D eigenvalue weighted by Gasteiger charge is -2.05. The zero-order valence-electron chi connectivity index (χ0n) is 11.1. The van der Waals surface area contributed by atoms with Crippen molar-refractivity contribution in [3.8, 4) is 5.69 Å². The zero-order chi connectivity index (χ0) is 14.2. The second kappa shape index (κ2) is 4.49. The minimum absolute atomic E-state index is 0.665. The first kappa shape index (κ1) is 11.7. The van der Waals surface area contributed by atoms with E-state index in [0.29, 0.717) is 6.41 Å². The number of fused-ring (bicyclic) bond motifs is 2. The number of rotatable bonds is 3. The van der Waals surface area contributed by atoms with Gasteiger partial charge < -0.3 is 10.3 Å². The van der Waals surface area contributed by atoms with Crippen LogP contribution in [0.3, 0.4) is 0 Å². The topological polar surface area (TPSA) is 62.7 Å². The van der Waals surface area contributed by atoms with Gasteiger partial charge in [-0.3, -0.25) is 9.36 Å². The molecule has 0 saturated carbocycles. The molecular formula is C16H12N4O. The van der Waals surface area contributed by atoms with Crippen molar-refractivity contribution in [2.45, 2.75) is 0 Å². The Kier molecular flexibility index (Phi) is 2.50. The van der Waals surface area contributed by atoms with Crippen LogP contribution in [0.1, 0.15) is 0 Å². The van der Waals surface area contributed by atoms with Crippen LogP contribution in [0.4, 0.5) is 5.69 Å². The summed E-state index contributed by atoms with van der Waals surface area (Å²) in [5.74, 6) is 0. The summed E-state index contributed by atoms with van der Waals surface area (Å²) in [5.41, 5.74) is 4.75. The number of aromatic nitrogens is 3. The zero-order valence-corrected chi connectivity index (χ0v) is 11.1. The summed E-state index contributed by atoms with van der Waals surface area (Å²) in [7, 11) is 0. The molecule has 4 aromatic rings. The Morgan fingerprint density at radius 3 is 3.00 bits per heavy atom. The number of carbonyl (C=O) groups is 1. The molecule has 0 aliphatic rings. The molecule has 0 aliphatic carbocycles. The molecule has 5 heteroatoms. The number of aromatic amines is 1. The van der Waals surface area contributed by atoms with Crippen LogP contribution in [-0.4, -0.2) is 20.9 Å². The maximum atomic E-state index is 10.5. The largest absolute Gasteiger partial charge is 0.361 e. The van der Waals surface area contributed by atoms with E-state index < -0.39 is 0 Å². The number of anilines is 1. The van der Waals surface area contributed by atoms with E-state index in [0.717, 1.165) is 33.3 Å². The van der Waals surface area contributed by atoms with Crippen molar-refractivity contribution in [2.24, 2.45) is 0 Å². The number of nitrogens with one attached hydrogen (secondary N) is 2. The average molecular weight is 276 g/mol. The van der Waals surface area contributed by atoms with Crippen molar-refractivity contribution >= 4 is 34.0 Å². The van der Waals surface area contributed by atoms with Gasteiger partial charge in [0.05, 0.1) is 11.0 Å². The van der Waals surface area contributed by atoms with Gasteiger partial charge in [0.25, 0.3) is 0 Å². The number of nitrogens with zero attached hydrogens (tertiary/aromatic N) is 2. The van der Waals surface area contributed by atoms with Gasteiger partial charge in [-0.1, -0.05) is 0 Å². The van der Waals surface area contributed by atoms with Crippen LogP contribution in [0.25, 0.3) is 27.6 Å². The van der Waals surface area contributed by atoms with Crippen molar-refractivity contribution in [1.82, 2.24) is 14.5 Å². The molecule has 0 bridgehead atoms. The number of carbonyl (C=O) groups excluding carboxylic acids is 1. The van der Waals surface area contributed by atoms with Gasteiger partial charge in [-0.05, 0) is 42.5 Å². The van der Waals surface area contributed by atoms with Gasteiger partial charge in [-0.25, -0.2) is 4.98 Å². The van der Waals surface area contributed by atoms with Crippen LogP contribution in [0.2, 0.25) is 0 Å². The fourth-order valence-electron chi connectivity index (χ4n) is 2.57. The second-order valence-corrected chi connectivity index (χ2v) is 4.83. The highest BCUT2D eigenvalue weighted by molar-refractivity contribution is 5.86. The van der Waals surface area contributed by atoms with Crippen LogP contribution in [0.15, 0.2) is 55.0 Å². The van der Waals surface area contributed by atoms with Crippen LogP contribution < -0.4 is 5.32 Å². The Morgan fingerprint density at radius 2 is 2.10 bits per heavy atom. The van der Waals surface area contributed by atoms with Crippen LogP contribution in [-0.2, 0) is 4.79 Å². The predicted molar refractivity (Wildman–Crippen MR) is 82.6 cm³/mol. The average Bonchev–Trinajstić information content (AvgIpc) is 3.12. The molecular weight excluding hydrogens is 264 g/mol. The third kappa shape index (κ3) is 1.87. The minimum Gasteiger partial charge on any atom is -0.361 e. The highest BCUT2D eigenvalue weighted by atomic mass is 16.1. The van der Waals surface area contributed by atoms with Gasteiger partial charge in [0.1, 0.15) is 6.33 Å². The third-order valence-corrected chi connectivity index (χ3v) is 3.59. The lowest BCUT2D eigenvalue weighted by molar-refractivity contribution is -0.105. The Bertz CT molecular complexity index is 951. The quantitative estimate of drug-likeness (QED) is 0.565. The normalized spacial score (nSPS) is 11.0. The van der Waals surface area contributed by atoms with Crippen molar-refractivity contribution in [3.05, 3.63) is 55.0 Å². The van der Waals surface area contributed by atoms with E-state index in [1.165, 1.54) is 0 Å². The molecule has 0 fully saturated rings. The van der Waals surface area contributed by atoms with E-state index in [4.69, 9.17) is 0 Å². The van der Waals surface area contributed by atoms with Gasteiger partial charge >= 0.3 is 0 Å². The predicted octanol–water partition coefficient (Wildman–Crippen LogP) is 3.08. The van der Waals surface area contributed by atoms with Gasteiger partial charge in [0.2, 0.25) is 6.41 Å². The third-order valence-electron chi connectivity index (χ3n) is 3.59. The lowest BCUT2D eigenvalue weighted by Crippen LogP contribution is -1.94. The summed E-state index contributed by atoms with van der Waals surface area (Å²) in [6.45, 7) is 0. The summed E-state index contributed by atoms with van der Waals surface area (Å²) >= 11 is 0. The van der Waals surface area contributed by atoms with Crippen LogP contribution in [0.5, 0.6) is 0 Å². The SMILES string of the molecule is O=CNc1ccc2c(c1)ncn2-c1ccc2[nH]ccc2c1. The number of benzene rings is 2. The summed E-state index contributed by atoms with van der Waals surface area (Å²) < 4.78 is 2.03. The second-order valence-electron chi connectivity index (χ2n) is 4.83. The van der Waals surface area contributed by atoms with Gasteiger partial charge in [0, 0.05) is 28.5 Å². The fraction of sp³-hybridized carbons (Fsp3) is 0. The standard InChI is InChI=1S/C16H12N4O/c21-10-19-12-1-4-16-15(8-12)18-9-20(16)13-2-3-14-11(7-13)5-6-17-14/h1-10,17H,(H,19,21). The molecule has 2 aromatic carbocycles. The molecule has 0 aliphatic heterocycles. The van der Waals surface area contributed by atoms with Gasteiger partial charge in [0.15, 0.2) is 0 Å². The molecule has 2 N–H and O–H groups in total. The van der Waals surface area contributed by atoms with Crippen molar-refractivity contribution in [1.29, 1.82) is 0 Å². The minimum atomic E-state index is 0.665. The highest BCUT2D eigenvalue weighted by Crippen LogP contribution is 2.23. The molecule has 0 spiro atoms. The number of hydrogen-bond acceptors (Lipinski definition) is 2. The van der Waals surface area contributed by atoms with E-state index >= 15 is 0 Å². The molecule has 0 saturated heterocycles. The number of amides is 1. The molecule has 0 unspecified atom stereocenters. The first-order valence-corrected chi connectivity index (χ1v) is 6.60. The van der Waals surface area contributed by atoms with E-state index in [2.05, 4.69) is 33.5 Å². The van der Waals surface area contributed by atoms with E-state index in [-0.39, 0.29) is 0 Å². The summed E-state index contributed by atoms with van der Waals surface area (Å²) in [6, 6.07) is 13.9. The van der Waals surface area contributed by atoms with E-state index in [1.54, 1.807) is 6.33 Å². The molecule has 1 amide bonds. The molecule has 2 heterocycles. The number of hydrogen-bond donors (Lipinski definition) is 2. The maximum Gasteiger partial charge on any atom is 0.211 e. The van der Waals surface area contributed by atoms with Gasteiger partial charge in [-0.15, -0.1) is 0 Å². The number of H-pyrrole nitrogens is 1. The van der Waals surface area contributed by atoms with Crippen molar-refractivity contribution < 1.29 is 4.79 Å². The summed E-state index contributed by atoms with van der Waals surface area (Å²) in [5, 5.41) is 3.80. The van der Waals surface area contributed by atoms with Gasteiger partial charge in [-0.2, -0.15) is 0 Å². The lowest BCUT2D eigenvalue weighted by atomic mass is 10.2. The maximum absolute atomic E-state index is 10.5. The van der Waals surface area contributed by atoms with E-state index in [9.17, 15) is 4.79 Å². The van der Waals surface area contributed by atoms with Crippen LogP contribution >= 0.6 is 0 Å². The Hall–Kier alpha value is -3.08. The van der Waals surface area contributed by atoms with E-state index in [1.807, 2.05) is 35.0 Å². The van der Waals surface area contributed by atoms with Crippen molar-refractivity contribution in [3.63, 3.8) is 0 Å². The fourth-order valence-corrected chi connectivity index (χ4v) is 2.57. The Balaban J connectivity index is 1.87. The monoisotopic (exact) mass is 276 g/mol. The molecule has 0 atom stereocenters. The van der Waals surface area contributed by atoms with Crippen molar-refractivity contribution in [2.75, 3.05) is 5.32 Å². The molecule has 4 rings (SSSR count). The molecule has 2 aromatic heterocycles. The molecule has 102 valence electrons. The molecule has 0 radical (unpaired) electrons. The summed E-state index contributed by atoms with van der Waals surface area (Å²) in [4.78, 5) is 18.1.